The number of phenolic OH excluding ortho intramolecular Hbond substituents is 1. The molecule has 2 heterocycles. The van der Waals surface area contributed by atoms with E-state index in [1.54, 1.807) is 13.2 Å². The Bertz CT molecular complexity index is 613. The smallest absolute Gasteiger partial charge is 0.162 e. The molecule has 2 aromatic rings. The maximum absolute atomic E-state index is 10.3. The van der Waals surface area contributed by atoms with Crippen LogP contribution in [0.5, 0.6) is 11.5 Å². The minimum Gasteiger partial charge on any atom is -0.504 e. The Hall–Kier alpha value is -2.01. The number of nitrogens with zero attached hydrogens (tertiary/aromatic N) is 3. The second kappa shape index (κ2) is 7.51. The molecule has 1 aromatic carbocycles. The fourth-order valence-electron chi connectivity index (χ4n) is 3.39. The summed E-state index contributed by atoms with van der Waals surface area (Å²) in [5.41, 5.74) is 0.940. The molecule has 1 aliphatic heterocycles. The molecule has 3 rings (SSSR count). The maximum Gasteiger partial charge on any atom is 0.162 e. The molecule has 0 amide bonds. The van der Waals surface area contributed by atoms with Crippen LogP contribution in [0.2, 0.25) is 0 Å². The van der Waals surface area contributed by atoms with Crippen LogP contribution in [0.3, 0.4) is 0 Å². The zero-order valence-corrected chi connectivity index (χ0v) is 13.7. The molecule has 124 valence electrons. The van der Waals surface area contributed by atoms with Crippen molar-refractivity contribution in [3.05, 3.63) is 42.2 Å². The average molecular weight is 315 g/mol. The predicted molar refractivity (Wildman–Crippen MR) is 89.6 cm³/mol. The topological polar surface area (TPSA) is 50.5 Å². The summed E-state index contributed by atoms with van der Waals surface area (Å²) in [6.07, 6.45) is 8.65. The first-order chi connectivity index (χ1) is 11.3. The molecule has 23 heavy (non-hydrogen) atoms. The Morgan fingerprint density at radius 3 is 3.00 bits per heavy atom. The fourth-order valence-corrected chi connectivity index (χ4v) is 3.39. The van der Waals surface area contributed by atoms with Crippen molar-refractivity contribution in [3.8, 4) is 11.5 Å². The summed E-state index contributed by atoms with van der Waals surface area (Å²) in [5, 5.41) is 14.6. The van der Waals surface area contributed by atoms with Gasteiger partial charge in [0.2, 0.25) is 0 Å². The number of ether oxygens (including phenoxy) is 1. The van der Waals surface area contributed by atoms with E-state index in [-0.39, 0.29) is 5.75 Å². The van der Waals surface area contributed by atoms with Crippen LogP contribution in [-0.2, 0) is 13.1 Å². The number of hydrogen-bond donors (Lipinski definition) is 1. The Kier molecular flexibility index (Phi) is 5.18. The number of aryl methyl sites for hydroxylation is 1. The van der Waals surface area contributed by atoms with Crippen molar-refractivity contribution in [2.75, 3.05) is 13.7 Å². The molecular formula is C18H25N3O2. The molecule has 0 unspecified atom stereocenters. The van der Waals surface area contributed by atoms with E-state index in [0.29, 0.717) is 11.8 Å². The second-order valence-corrected chi connectivity index (χ2v) is 6.15. The van der Waals surface area contributed by atoms with Gasteiger partial charge in [0.05, 0.1) is 7.11 Å². The summed E-state index contributed by atoms with van der Waals surface area (Å²) in [6, 6.07) is 8.23. The van der Waals surface area contributed by atoms with E-state index in [1.165, 1.54) is 19.3 Å². The van der Waals surface area contributed by atoms with Gasteiger partial charge in [-0.1, -0.05) is 18.6 Å². The lowest BCUT2D eigenvalue weighted by molar-refractivity contribution is 0.126. The van der Waals surface area contributed by atoms with Crippen molar-refractivity contribution in [2.45, 2.75) is 44.8 Å². The second-order valence-electron chi connectivity index (χ2n) is 6.15. The summed E-state index contributed by atoms with van der Waals surface area (Å²) in [7, 11) is 1.59. The highest BCUT2D eigenvalue weighted by molar-refractivity contribution is 5.45. The molecule has 1 saturated heterocycles. The molecular weight excluding hydrogens is 290 g/mol. The van der Waals surface area contributed by atoms with Gasteiger partial charge in [0.25, 0.3) is 0 Å². The normalized spacial score (nSPS) is 18.9. The van der Waals surface area contributed by atoms with Crippen LogP contribution in [0.15, 0.2) is 36.7 Å². The van der Waals surface area contributed by atoms with Gasteiger partial charge in [-0.3, -0.25) is 9.58 Å². The first-order valence-electron chi connectivity index (χ1n) is 8.34. The van der Waals surface area contributed by atoms with Gasteiger partial charge >= 0.3 is 0 Å². The number of hydrogen-bond acceptors (Lipinski definition) is 4. The Morgan fingerprint density at radius 2 is 2.22 bits per heavy atom. The van der Waals surface area contributed by atoms with Gasteiger partial charge in [-0.2, -0.15) is 5.10 Å². The van der Waals surface area contributed by atoms with E-state index >= 15 is 0 Å². The van der Waals surface area contributed by atoms with Crippen molar-refractivity contribution in [2.24, 2.45) is 0 Å². The summed E-state index contributed by atoms with van der Waals surface area (Å²) in [6.45, 7) is 2.80. The monoisotopic (exact) mass is 315 g/mol. The van der Waals surface area contributed by atoms with Crippen molar-refractivity contribution in [1.82, 2.24) is 14.7 Å². The van der Waals surface area contributed by atoms with Crippen LogP contribution in [0.25, 0.3) is 0 Å². The highest BCUT2D eigenvalue weighted by Crippen LogP contribution is 2.32. The molecule has 5 heteroatoms. The fraction of sp³-hybridized carbons (Fsp3) is 0.500. The lowest BCUT2D eigenvalue weighted by Gasteiger charge is -2.36. The van der Waals surface area contributed by atoms with Crippen molar-refractivity contribution < 1.29 is 9.84 Å². The van der Waals surface area contributed by atoms with Gasteiger partial charge < -0.3 is 9.84 Å². The van der Waals surface area contributed by atoms with Gasteiger partial charge in [-0.05, 0) is 37.9 Å². The molecule has 1 aliphatic rings. The SMILES string of the molecule is COc1cccc(CN2CCCC[C@H]2CCn2cccn2)c1O. The first kappa shape index (κ1) is 15.9. The van der Waals surface area contributed by atoms with Crippen LogP contribution in [0.1, 0.15) is 31.2 Å². The zero-order chi connectivity index (χ0) is 16.1. The minimum atomic E-state index is 0.270. The number of aromatic nitrogens is 2. The standard InChI is InChI=1S/C18H25N3O2/c1-23-17-8-4-6-15(18(17)22)14-20-11-3-2-7-16(20)9-13-21-12-5-10-19-21/h4-6,8,10,12,16,22H,2-3,7,9,11,13-14H2,1H3/t16-/m0/s1. The summed E-state index contributed by atoms with van der Waals surface area (Å²) in [5.74, 6) is 0.819. The van der Waals surface area contributed by atoms with Crippen LogP contribution in [0, 0.1) is 0 Å². The van der Waals surface area contributed by atoms with Gasteiger partial charge in [0, 0.05) is 37.1 Å². The van der Waals surface area contributed by atoms with E-state index in [9.17, 15) is 5.11 Å². The molecule has 0 saturated carbocycles. The molecule has 0 spiro atoms. The Labute approximate surface area is 137 Å². The van der Waals surface area contributed by atoms with E-state index in [2.05, 4.69) is 10.00 Å². The predicted octanol–water partition coefficient (Wildman–Crippen LogP) is 3.04. The molecule has 0 bridgehead atoms. The lowest BCUT2D eigenvalue weighted by Crippen LogP contribution is -2.39. The van der Waals surface area contributed by atoms with Gasteiger partial charge in [-0.25, -0.2) is 0 Å². The van der Waals surface area contributed by atoms with Crippen LogP contribution in [0.4, 0.5) is 0 Å². The molecule has 0 radical (unpaired) electrons. The number of aromatic hydroxyl groups is 1. The van der Waals surface area contributed by atoms with Crippen LogP contribution < -0.4 is 4.74 Å². The van der Waals surface area contributed by atoms with E-state index in [0.717, 1.165) is 31.6 Å². The molecule has 1 N–H and O–H groups in total. The summed E-state index contributed by atoms with van der Waals surface area (Å²) >= 11 is 0. The van der Waals surface area contributed by atoms with Crippen molar-refractivity contribution in [3.63, 3.8) is 0 Å². The number of benzene rings is 1. The molecule has 5 nitrogen and oxygen atoms in total. The van der Waals surface area contributed by atoms with Crippen molar-refractivity contribution in [1.29, 1.82) is 0 Å². The highest BCUT2D eigenvalue weighted by Gasteiger charge is 2.23. The third kappa shape index (κ3) is 3.85. The van der Waals surface area contributed by atoms with E-state index < -0.39 is 0 Å². The number of phenols is 1. The summed E-state index contributed by atoms with van der Waals surface area (Å²) < 4.78 is 7.21. The minimum absolute atomic E-state index is 0.270. The number of likely N-dealkylation sites (tertiary alicyclic amines) is 1. The van der Waals surface area contributed by atoms with Crippen LogP contribution in [-0.4, -0.2) is 39.5 Å². The Morgan fingerprint density at radius 1 is 1.30 bits per heavy atom. The Balaban J connectivity index is 1.66. The third-order valence-electron chi connectivity index (χ3n) is 4.68. The third-order valence-corrected chi connectivity index (χ3v) is 4.68. The maximum atomic E-state index is 10.3. The zero-order valence-electron chi connectivity index (χ0n) is 13.7. The van der Waals surface area contributed by atoms with Gasteiger partial charge in [0.1, 0.15) is 0 Å². The van der Waals surface area contributed by atoms with Gasteiger partial charge in [-0.15, -0.1) is 0 Å². The van der Waals surface area contributed by atoms with E-state index in [4.69, 9.17) is 4.74 Å². The molecule has 1 aromatic heterocycles. The molecule has 1 fully saturated rings. The van der Waals surface area contributed by atoms with Crippen molar-refractivity contribution >= 4 is 0 Å². The number of rotatable bonds is 6. The average Bonchev–Trinajstić information content (AvgIpc) is 3.09. The lowest BCUT2D eigenvalue weighted by atomic mass is 9.98. The van der Waals surface area contributed by atoms with Gasteiger partial charge in [0.15, 0.2) is 11.5 Å². The quantitative estimate of drug-likeness (QED) is 0.890. The number of piperidine rings is 1. The number of methoxy groups -OCH3 is 1. The first-order valence-corrected chi connectivity index (χ1v) is 8.34. The highest BCUT2D eigenvalue weighted by atomic mass is 16.5. The largest absolute Gasteiger partial charge is 0.504 e. The molecule has 0 aliphatic carbocycles. The van der Waals surface area contributed by atoms with E-state index in [1.807, 2.05) is 35.3 Å². The summed E-state index contributed by atoms with van der Waals surface area (Å²) in [4.78, 5) is 2.49. The van der Waals surface area contributed by atoms with Crippen LogP contribution >= 0.6 is 0 Å². The molecule has 1 atom stereocenters. The number of para-hydroxylation sites is 1.